The molecule has 1 aromatic carbocycles. The largest absolute Gasteiger partial charge is 0.313 e. The second-order valence-corrected chi connectivity index (χ2v) is 3.67. The molecule has 0 aliphatic rings. The van der Waals surface area contributed by atoms with Gasteiger partial charge in [0.1, 0.15) is 11.6 Å². The lowest BCUT2D eigenvalue weighted by Crippen LogP contribution is -2.18. The molecule has 0 radical (unpaired) electrons. The van der Waals surface area contributed by atoms with Crippen molar-refractivity contribution in [1.29, 1.82) is 0 Å². The molecule has 0 amide bonds. The van der Waals surface area contributed by atoms with Gasteiger partial charge in [0, 0.05) is 11.6 Å². The third kappa shape index (κ3) is 3.13. The number of hydrogen-bond donors (Lipinski definition) is 1. The number of hydrogen-bond acceptors (Lipinski definition) is 1. The fourth-order valence-electron chi connectivity index (χ4n) is 1.50. The lowest BCUT2D eigenvalue weighted by atomic mass is 10.00. The summed E-state index contributed by atoms with van der Waals surface area (Å²) in [6.07, 6.45) is 0.594. The van der Waals surface area contributed by atoms with Crippen LogP contribution in [0.25, 0.3) is 0 Å². The highest BCUT2D eigenvalue weighted by Crippen LogP contribution is 2.23. The zero-order valence-electron chi connectivity index (χ0n) is 8.98. The van der Waals surface area contributed by atoms with Crippen molar-refractivity contribution in [3.63, 3.8) is 0 Å². The van der Waals surface area contributed by atoms with E-state index in [4.69, 9.17) is 0 Å². The van der Waals surface area contributed by atoms with Crippen molar-refractivity contribution in [3.8, 4) is 0 Å². The SMILES string of the molecule is C=C(C)CC(NC)c1cc(F)ccc1F. The molecule has 0 bridgehead atoms. The molecule has 3 heteroatoms. The average molecular weight is 211 g/mol. The fourth-order valence-corrected chi connectivity index (χ4v) is 1.50. The van der Waals surface area contributed by atoms with Crippen LogP contribution in [0.5, 0.6) is 0 Å². The van der Waals surface area contributed by atoms with E-state index >= 15 is 0 Å². The molecule has 0 heterocycles. The van der Waals surface area contributed by atoms with Gasteiger partial charge in [0.2, 0.25) is 0 Å². The Morgan fingerprint density at radius 2 is 2.13 bits per heavy atom. The summed E-state index contributed by atoms with van der Waals surface area (Å²) in [5.41, 5.74) is 1.28. The third-order valence-corrected chi connectivity index (χ3v) is 2.23. The van der Waals surface area contributed by atoms with Crippen LogP contribution in [0.2, 0.25) is 0 Å². The first-order chi connectivity index (χ1) is 7.04. The highest BCUT2D eigenvalue weighted by Gasteiger charge is 2.14. The maximum Gasteiger partial charge on any atom is 0.128 e. The van der Waals surface area contributed by atoms with Crippen LogP contribution in [0.4, 0.5) is 8.78 Å². The summed E-state index contributed by atoms with van der Waals surface area (Å²) in [6, 6.07) is 3.26. The zero-order valence-corrected chi connectivity index (χ0v) is 8.98. The highest BCUT2D eigenvalue weighted by molar-refractivity contribution is 5.23. The Morgan fingerprint density at radius 3 is 2.67 bits per heavy atom. The standard InChI is InChI=1S/C12H15F2N/c1-8(2)6-12(15-3)10-7-9(13)4-5-11(10)14/h4-5,7,12,15H,1,6H2,2-3H3. The number of halogens is 2. The number of benzene rings is 1. The van der Waals surface area contributed by atoms with Crippen molar-refractivity contribution in [3.05, 3.63) is 47.5 Å². The van der Waals surface area contributed by atoms with Gasteiger partial charge in [-0.2, -0.15) is 0 Å². The molecule has 1 unspecified atom stereocenters. The highest BCUT2D eigenvalue weighted by atomic mass is 19.1. The van der Waals surface area contributed by atoms with Crippen molar-refractivity contribution in [2.24, 2.45) is 0 Å². The van der Waals surface area contributed by atoms with Gasteiger partial charge >= 0.3 is 0 Å². The van der Waals surface area contributed by atoms with Gasteiger partial charge in [0.15, 0.2) is 0 Å². The van der Waals surface area contributed by atoms with Gasteiger partial charge in [-0.05, 0) is 38.6 Å². The molecule has 1 N–H and O–H groups in total. The monoisotopic (exact) mass is 211 g/mol. The van der Waals surface area contributed by atoms with Gasteiger partial charge in [-0.15, -0.1) is 6.58 Å². The Bertz CT molecular complexity index is 361. The minimum absolute atomic E-state index is 0.224. The molecular weight excluding hydrogens is 196 g/mol. The van der Waals surface area contributed by atoms with Crippen molar-refractivity contribution >= 4 is 0 Å². The van der Waals surface area contributed by atoms with E-state index < -0.39 is 11.6 Å². The summed E-state index contributed by atoms with van der Waals surface area (Å²) in [4.78, 5) is 0. The average Bonchev–Trinajstić information content (AvgIpc) is 2.18. The summed E-state index contributed by atoms with van der Waals surface area (Å²) < 4.78 is 26.4. The van der Waals surface area contributed by atoms with Crippen molar-refractivity contribution in [1.82, 2.24) is 5.32 Å². The van der Waals surface area contributed by atoms with E-state index in [0.29, 0.717) is 12.0 Å². The third-order valence-electron chi connectivity index (χ3n) is 2.23. The van der Waals surface area contributed by atoms with Crippen molar-refractivity contribution in [2.75, 3.05) is 7.05 Å². The van der Waals surface area contributed by atoms with E-state index in [9.17, 15) is 8.78 Å². The summed E-state index contributed by atoms with van der Waals surface area (Å²) in [6.45, 7) is 5.63. The molecule has 1 aromatic rings. The first kappa shape index (κ1) is 11.9. The van der Waals surface area contributed by atoms with E-state index in [0.717, 1.165) is 17.7 Å². The zero-order chi connectivity index (χ0) is 11.4. The van der Waals surface area contributed by atoms with E-state index in [1.54, 1.807) is 7.05 Å². The predicted octanol–water partition coefficient (Wildman–Crippen LogP) is 3.19. The normalized spacial score (nSPS) is 12.5. The molecule has 82 valence electrons. The van der Waals surface area contributed by atoms with Crippen LogP contribution in [0.1, 0.15) is 24.9 Å². The predicted molar refractivity (Wildman–Crippen MR) is 57.6 cm³/mol. The summed E-state index contributed by atoms with van der Waals surface area (Å²) in [5, 5.41) is 2.95. The number of nitrogens with one attached hydrogen (secondary N) is 1. The van der Waals surface area contributed by atoms with E-state index in [1.165, 1.54) is 6.07 Å². The Kier molecular flexibility index (Phi) is 3.97. The quantitative estimate of drug-likeness (QED) is 0.754. The molecule has 0 aromatic heterocycles. The molecule has 0 fully saturated rings. The van der Waals surface area contributed by atoms with Crippen LogP contribution in [0.15, 0.2) is 30.4 Å². The molecule has 15 heavy (non-hydrogen) atoms. The van der Waals surface area contributed by atoms with Crippen LogP contribution in [-0.4, -0.2) is 7.05 Å². The van der Waals surface area contributed by atoms with Crippen LogP contribution >= 0.6 is 0 Å². The topological polar surface area (TPSA) is 12.0 Å². The molecule has 1 nitrogen and oxygen atoms in total. The molecule has 1 atom stereocenters. The molecule has 0 saturated carbocycles. The Morgan fingerprint density at radius 1 is 1.47 bits per heavy atom. The summed E-state index contributed by atoms with van der Waals surface area (Å²) in [5.74, 6) is -0.814. The Hall–Kier alpha value is -1.22. The van der Waals surface area contributed by atoms with E-state index in [2.05, 4.69) is 11.9 Å². The first-order valence-electron chi connectivity index (χ1n) is 4.81. The van der Waals surface area contributed by atoms with E-state index in [-0.39, 0.29) is 6.04 Å². The summed E-state index contributed by atoms with van der Waals surface area (Å²) in [7, 11) is 1.72. The second-order valence-electron chi connectivity index (χ2n) is 3.67. The van der Waals surface area contributed by atoms with Gasteiger partial charge in [0.05, 0.1) is 0 Å². The molecular formula is C12H15F2N. The second kappa shape index (κ2) is 5.03. The smallest absolute Gasteiger partial charge is 0.128 e. The lowest BCUT2D eigenvalue weighted by Gasteiger charge is -2.17. The van der Waals surface area contributed by atoms with Gasteiger partial charge in [-0.25, -0.2) is 8.78 Å². The molecule has 1 rings (SSSR count). The lowest BCUT2D eigenvalue weighted by molar-refractivity contribution is 0.522. The number of rotatable bonds is 4. The molecule has 0 saturated heterocycles. The van der Waals surface area contributed by atoms with Gasteiger partial charge in [-0.3, -0.25) is 0 Å². The Labute approximate surface area is 88.8 Å². The fraction of sp³-hybridized carbons (Fsp3) is 0.333. The first-order valence-corrected chi connectivity index (χ1v) is 4.81. The van der Waals surface area contributed by atoms with Crippen molar-refractivity contribution < 1.29 is 8.78 Å². The van der Waals surface area contributed by atoms with Crippen molar-refractivity contribution in [2.45, 2.75) is 19.4 Å². The van der Waals surface area contributed by atoms with E-state index in [1.807, 2.05) is 6.92 Å². The minimum atomic E-state index is -0.423. The van der Waals surface area contributed by atoms with Crippen LogP contribution in [-0.2, 0) is 0 Å². The van der Waals surface area contributed by atoms with Gasteiger partial charge in [-0.1, -0.05) is 5.57 Å². The van der Waals surface area contributed by atoms with Gasteiger partial charge in [0.25, 0.3) is 0 Å². The van der Waals surface area contributed by atoms with Crippen LogP contribution < -0.4 is 5.32 Å². The molecule has 0 spiro atoms. The van der Waals surface area contributed by atoms with Crippen LogP contribution in [0, 0.1) is 11.6 Å². The molecule has 0 aliphatic carbocycles. The van der Waals surface area contributed by atoms with Crippen LogP contribution in [0.3, 0.4) is 0 Å². The summed E-state index contributed by atoms with van der Waals surface area (Å²) >= 11 is 0. The molecule has 0 aliphatic heterocycles. The minimum Gasteiger partial charge on any atom is -0.313 e. The maximum atomic E-state index is 13.4. The maximum absolute atomic E-state index is 13.4. The Balaban J connectivity index is 3.00. The van der Waals surface area contributed by atoms with Gasteiger partial charge < -0.3 is 5.32 Å².